The van der Waals surface area contributed by atoms with E-state index in [0.29, 0.717) is 12.5 Å². The summed E-state index contributed by atoms with van der Waals surface area (Å²) < 4.78 is 0. The van der Waals surface area contributed by atoms with Gasteiger partial charge in [0, 0.05) is 6.61 Å². The van der Waals surface area contributed by atoms with Crippen molar-refractivity contribution in [3.8, 4) is 0 Å². The van der Waals surface area contributed by atoms with Gasteiger partial charge in [-0.3, -0.25) is 0 Å². The molecule has 3 atom stereocenters. The number of fused-ring (bicyclic) bond motifs is 2. The predicted octanol–water partition coefficient (Wildman–Crippen LogP) is 1.04. The lowest BCUT2D eigenvalue weighted by molar-refractivity contribution is 0.103. The lowest BCUT2D eigenvalue weighted by Crippen LogP contribution is -2.42. The van der Waals surface area contributed by atoms with E-state index in [9.17, 15) is 0 Å². The standard InChI is InChI=1S/C9H17NO.ClH/c11-6-9-2-7-1-8(3-9)5-10-4-7;/h7-11H,1-6H2;1H/t7-,8+,9?;. The number of halogens is 1. The van der Waals surface area contributed by atoms with Crippen LogP contribution < -0.4 is 5.32 Å². The van der Waals surface area contributed by atoms with Crippen molar-refractivity contribution in [2.75, 3.05) is 19.7 Å². The maximum absolute atomic E-state index is 9.03. The van der Waals surface area contributed by atoms with Crippen LogP contribution in [0.4, 0.5) is 0 Å². The summed E-state index contributed by atoms with van der Waals surface area (Å²) in [6.45, 7) is 2.78. The maximum atomic E-state index is 9.03. The van der Waals surface area contributed by atoms with Gasteiger partial charge in [0.05, 0.1) is 0 Å². The first-order chi connectivity index (χ1) is 5.38. The Balaban J connectivity index is 0.000000720. The zero-order valence-corrected chi connectivity index (χ0v) is 8.15. The fourth-order valence-electron chi connectivity index (χ4n) is 2.68. The van der Waals surface area contributed by atoms with E-state index in [1.54, 1.807) is 0 Å². The van der Waals surface area contributed by atoms with E-state index in [1.165, 1.54) is 32.4 Å². The molecule has 0 amide bonds. The predicted molar refractivity (Wildman–Crippen MR) is 51.5 cm³/mol. The number of hydrogen-bond donors (Lipinski definition) is 2. The van der Waals surface area contributed by atoms with Crippen molar-refractivity contribution in [3.05, 3.63) is 0 Å². The lowest BCUT2D eigenvalue weighted by Gasteiger charge is -2.38. The molecule has 1 saturated heterocycles. The van der Waals surface area contributed by atoms with E-state index < -0.39 is 0 Å². The molecule has 0 spiro atoms. The molecule has 2 N–H and O–H groups in total. The van der Waals surface area contributed by atoms with E-state index in [4.69, 9.17) is 5.11 Å². The minimum Gasteiger partial charge on any atom is -0.396 e. The van der Waals surface area contributed by atoms with Gasteiger partial charge in [-0.1, -0.05) is 0 Å². The minimum atomic E-state index is 0. The molecule has 2 nitrogen and oxygen atoms in total. The van der Waals surface area contributed by atoms with Gasteiger partial charge in [-0.25, -0.2) is 0 Å². The van der Waals surface area contributed by atoms with Crippen molar-refractivity contribution in [2.45, 2.75) is 19.3 Å². The first-order valence-electron chi connectivity index (χ1n) is 4.70. The van der Waals surface area contributed by atoms with E-state index in [2.05, 4.69) is 5.32 Å². The van der Waals surface area contributed by atoms with Crippen molar-refractivity contribution in [1.29, 1.82) is 0 Å². The molecule has 72 valence electrons. The second kappa shape index (κ2) is 4.45. The molecule has 0 radical (unpaired) electrons. The highest BCUT2D eigenvalue weighted by molar-refractivity contribution is 5.85. The highest BCUT2D eigenvalue weighted by Crippen LogP contribution is 2.34. The summed E-state index contributed by atoms with van der Waals surface area (Å²) in [4.78, 5) is 0. The third-order valence-electron chi connectivity index (χ3n) is 3.12. The monoisotopic (exact) mass is 191 g/mol. The normalized spacial score (nSPS) is 40.2. The number of aliphatic hydroxyl groups excluding tert-OH is 1. The van der Waals surface area contributed by atoms with E-state index in [1.807, 2.05) is 0 Å². The molecule has 2 aliphatic rings. The van der Waals surface area contributed by atoms with Crippen LogP contribution in [0.3, 0.4) is 0 Å². The van der Waals surface area contributed by atoms with Gasteiger partial charge in [-0.15, -0.1) is 12.4 Å². The Hall–Kier alpha value is 0.210. The SMILES string of the molecule is Cl.OCC1C[C@H]2CNC[C@@H](C1)C2. The summed E-state index contributed by atoms with van der Waals surface area (Å²) in [6, 6.07) is 0. The molecule has 2 bridgehead atoms. The fourth-order valence-corrected chi connectivity index (χ4v) is 2.68. The van der Waals surface area contributed by atoms with Crippen molar-refractivity contribution >= 4 is 12.4 Å². The second-order valence-electron chi connectivity index (χ2n) is 4.15. The quantitative estimate of drug-likeness (QED) is 0.649. The van der Waals surface area contributed by atoms with Gasteiger partial charge in [0.1, 0.15) is 0 Å². The summed E-state index contributed by atoms with van der Waals surface area (Å²) in [5, 5.41) is 12.5. The van der Waals surface area contributed by atoms with Gasteiger partial charge in [0.15, 0.2) is 0 Å². The van der Waals surface area contributed by atoms with E-state index >= 15 is 0 Å². The molecule has 1 saturated carbocycles. The zero-order valence-electron chi connectivity index (χ0n) is 7.33. The van der Waals surface area contributed by atoms with Gasteiger partial charge < -0.3 is 10.4 Å². The molecule has 0 aromatic carbocycles. The van der Waals surface area contributed by atoms with Gasteiger partial charge in [0.2, 0.25) is 0 Å². The largest absolute Gasteiger partial charge is 0.396 e. The molecule has 3 heteroatoms. The molecular formula is C9H18ClNO. The average molecular weight is 192 g/mol. The average Bonchev–Trinajstić information content (AvgIpc) is 2.03. The van der Waals surface area contributed by atoms with Crippen molar-refractivity contribution < 1.29 is 5.11 Å². The first kappa shape index (κ1) is 10.3. The summed E-state index contributed by atoms with van der Waals surface area (Å²) in [6.07, 6.45) is 3.91. The molecule has 2 fully saturated rings. The van der Waals surface area contributed by atoms with Crippen LogP contribution in [0, 0.1) is 17.8 Å². The molecule has 1 aliphatic heterocycles. The molecule has 12 heavy (non-hydrogen) atoms. The maximum Gasteiger partial charge on any atom is 0.0459 e. The van der Waals surface area contributed by atoms with Crippen LogP contribution in [0.2, 0.25) is 0 Å². The summed E-state index contributed by atoms with van der Waals surface area (Å²) in [7, 11) is 0. The third-order valence-corrected chi connectivity index (χ3v) is 3.12. The first-order valence-corrected chi connectivity index (χ1v) is 4.70. The molecule has 2 rings (SSSR count). The van der Waals surface area contributed by atoms with Gasteiger partial charge in [-0.05, 0) is 50.1 Å². The second-order valence-corrected chi connectivity index (χ2v) is 4.15. The van der Waals surface area contributed by atoms with Crippen LogP contribution in [-0.2, 0) is 0 Å². The Bertz CT molecular complexity index is 130. The van der Waals surface area contributed by atoms with Crippen LogP contribution in [0.15, 0.2) is 0 Å². The van der Waals surface area contributed by atoms with Crippen molar-refractivity contribution in [1.82, 2.24) is 5.32 Å². The van der Waals surface area contributed by atoms with Gasteiger partial charge in [0.25, 0.3) is 0 Å². The van der Waals surface area contributed by atoms with Crippen LogP contribution in [0.5, 0.6) is 0 Å². The van der Waals surface area contributed by atoms with E-state index in [-0.39, 0.29) is 12.4 Å². The highest BCUT2D eigenvalue weighted by Gasteiger charge is 2.30. The summed E-state index contributed by atoms with van der Waals surface area (Å²) >= 11 is 0. The van der Waals surface area contributed by atoms with E-state index in [0.717, 1.165) is 11.8 Å². The Morgan fingerprint density at radius 3 is 2.17 bits per heavy atom. The molecule has 0 aromatic heterocycles. The Labute approximate surface area is 80.1 Å². The molecule has 1 unspecified atom stereocenters. The molecule has 1 aliphatic carbocycles. The topological polar surface area (TPSA) is 32.3 Å². The minimum absolute atomic E-state index is 0. The third kappa shape index (κ3) is 2.12. The van der Waals surface area contributed by atoms with Crippen LogP contribution in [0.1, 0.15) is 19.3 Å². The van der Waals surface area contributed by atoms with Gasteiger partial charge in [-0.2, -0.15) is 0 Å². The highest BCUT2D eigenvalue weighted by atomic mass is 35.5. The molecular weight excluding hydrogens is 174 g/mol. The number of aliphatic hydroxyl groups is 1. The summed E-state index contributed by atoms with van der Waals surface area (Å²) in [5.74, 6) is 2.33. The summed E-state index contributed by atoms with van der Waals surface area (Å²) in [5.41, 5.74) is 0. The lowest BCUT2D eigenvalue weighted by atomic mass is 9.73. The number of rotatable bonds is 1. The van der Waals surface area contributed by atoms with Crippen molar-refractivity contribution in [3.63, 3.8) is 0 Å². The van der Waals surface area contributed by atoms with Gasteiger partial charge >= 0.3 is 0 Å². The Kier molecular flexibility index (Phi) is 3.81. The fraction of sp³-hybridized carbons (Fsp3) is 1.00. The molecule has 0 aromatic rings. The Morgan fingerprint density at radius 2 is 1.67 bits per heavy atom. The molecule has 1 heterocycles. The number of hydrogen-bond acceptors (Lipinski definition) is 2. The number of nitrogens with one attached hydrogen (secondary N) is 1. The smallest absolute Gasteiger partial charge is 0.0459 e. The number of piperidine rings is 1. The zero-order chi connectivity index (χ0) is 7.68. The Morgan fingerprint density at radius 1 is 1.08 bits per heavy atom. The van der Waals surface area contributed by atoms with Crippen molar-refractivity contribution in [2.24, 2.45) is 17.8 Å². The van der Waals surface area contributed by atoms with Crippen LogP contribution in [-0.4, -0.2) is 24.8 Å². The van der Waals surface area contributed by atoms with Crippen LogP contribution in [0.25, 0.3) is 0 Å². The van der Waals surface area contributed by atoms with Crippen LogP contribution >= 0.6 is 12.4 Å².